The van der Waals surface area contributed by atoms with Crippen molar-refractivity contribution in [2.24, 2.45) is 5.41 Å². The number of nitrogens with zero attached hydrogens (tertiary/aromatic N) is 1. The molecule has 56 valence electrons. The first-order chi connectivity index (χ1) is 4.52. The molecular weight excluding hydrogens is 129 g/mol. The van der Waals surface area contributed by atoms with Crippen LogP contribution in [0.2, 0.25) is 0 Å². The molecule has 0 aromatic heterocycles. The maximum Gasteiger partial charge on any atom is 0.112 e. The van der Waals surface area contributed by atoms with Crippen molar-refractivity contribution in [3.63, 3.8) is 0 Å². The smallest absolute Gasteiger partial charge is 0.112 e. The molecule has 0 saturated heterocycles. The molecule has 0 heterocycles. The zero-order valence-electron chi connectivity index (χ0n) is 6.61. The Morgan fingerprint density at radius 3 is 2.20 bits per heavy atom. The van der Waals surface area contributed by atoms with Crippen LogP contribution in [-0.2, 0) is 0 Å². The van der Waals surface area contributed by atoms with Crippen LogP contribution in [0.3, 0.4) is 0 Å². The number of halogens is 1. The first kappa shape index (κ1) is 9.16. The van der Waals surface area contributed by atoms with E-state index in [1.54, 1.807) is 0 Å². The molecule has 0 rings (SSSR count). The zero-order valence-corrected chi connectivity index (χ0v) is 6.61. The lowest BCUT2D eigenvalue weighted by molar-refractivity contribution is 0.424. The number of hydrogen-bond donors (Lipinski definition) is 0. The van der Waals surface area contributed by atoms with Crippen molar-refractivity contribution in [3.05, 3.63) is 11.6 Å². The van der Waals surface area contributed by atoms with Crippen LogP contribution in [0.25, 0.3) is 0 Å². The Balaban J connectivity index is 4.41. The predicted molar refractivity (Wildman–Crippen MR) is 39.1 cm³/mol. The number of alkyl halides is 1. The molecule has 0 amide bonds. The summed E-state index contributed by atoms with van der Waals surface area (Å²) in [6.07, 6.45) is 1.28. The summed E-state index contributed by atoms with van der Waals surface area (Å²) in [5, 5.41) is 8.24. The van der Waals surface area contributed by atoms with Crippen LogP contribution in [0.4, 0.5) is 4.39 Å². The molecule has 10 heavy (non-hydrogen) atoms. The molecular formula is C8H12FN. The quantitative estimate of drug-likeness (QED) is 0.514. The van der Waals surface area contributed by atoms with E-state index in [1.165, 1.54) is 6.08 Å². The summed E-state index contributed by atoms with van der Waals surface area (Å²) in [6.45, 7) is 5.12. The van der Waals surface area contributed by atoms with E-state index >= 15 is 0 Å². The average molecular weight is 141 g/mol. The standard InChI is InChI=1S/C8H12FN/c1-8(2,3)7(6-9)4-5-10/h4H,6H2,1-3H3. The van der Waals surface area contributed by atoms with Crippen molar-refractivity contribution < 1.29 is 4.39 Å². The summed E-state index contributed by atoms with van der Waals surface area (Å²) in [5.41, 5.74) is 0.333. The third kappa shape index (κ3) is 2.63. The number of nitriles is 1. The minimum absolute atomic E-state index is 0.218. The normalized spacial score (nSPS) is 12.9. The summed E-state index contributed by atoms with van der Waals surface area (Å²) in [5.74, 6) is 0. The van der Waals surface area contributed by atoms with Crippen molar-refractivity contribution in [3.8, 4) is 6.07 Å². The van der Waals surface area contributed by atoms with E-state index in [-0.39, 0.29) is 5.41 Å². The molecule has 0 aliphatic carbocycles. The van der Waals surface area contributed by atoms with E-state index < -0.39 is 6.67 Å². The lowest BCUT2D eigenvalue weighted by atomic mass is 9.87. The van der Waals surface area contributed by atoms with Gasteiger partial charge in [-0.1, -0.05) is 20.8 Å². The molecule has 0 aliphatic rings. The fourth-order valence-corrected chi connectivity index (χ4v) is 0.533. The van der Waals surface area contributed by atoms with Gasteiger partial charge < -0.3 is 0 Å². The second-order valence-corrected chi connectivity index (χ2v) is 3.18. The summed E-state index contributed by atoms with van der Waals surface area (Å²) >= 11 is 0. The van der Waals surface area contributed by atoms with Crippen molar-refractivity contribution in [2.45, 2.75) is 20.8 Å². The van der Waals surface area contributed by atoms with Crippen LogP contribution in [0.5, 0.6) is 0 Å². The fourth-order valence-electron chi connectivity index (χ4n) is 0.533. The Hall–Kier alpha value is -0.840. The molecule has 2 heteroatoms. The Morgan fingerprint density at radius 1 is 1.60 bits per heavy atom. The first-order valence-corrected chi connectivity index (χ1v) is 3.17. The second kappa shape index (κ2) is 3.36. The summed E-state index contributed by atoms with van der Waals surface area (Å²) in [6, 6.07) is 1.82. The van der Waals surface area contributed by atoms with E-state index in [9.17, 15) is 4.39 Å². The Kier molecular flexibility index (Phi) is 3.08. The maximum absolute atomic E-state index is 12.1. The van der Waals surface area contributed by atoms with Crippen LogP contribution < -0.4 is 0 Å². The van der Waals surface area contributed by atoms with Gasteiger partial charge in [0.25, 0.3) is 0 Å². The average Bonchev–Trinajstić information content (AvgIpc) is 1.80. The SMILES string of the molecule is CC(C)(C)C(=CC#N)CF. The molecule has 0 spiro atoms. The fraction of sp³-hybridized carbons (Fsp3) is 0.625. The van der Waals surface area contributed by atoms with Crippen LogP contribution in [-0.4, -0.2) is 6.67 Å². The largest absolute Gasteiger partial charge is 0.246 e. The van der Waals surface area contributed by atoms with E-state index in [0.717, 1.165) is 0 Å². The molecule has 1 nitrogen and oxygen atoms in total. The molecule has 0 radical (unpaired) electrons. The van der Waals surface area contributed by atoms with E-state index in [1.807, 2.05) is 26.8 Å². The van der Waals surface area contributed by atoms with Gasteiger partial charge in [-0.25, -0.2) is 4.39 Å². The highest BCUT2D eigenvalue weighted by Gasteiger charge is 2.15. The van der Waals surface area contributed by atoms with E-state index in [4.69, 9.17) is 5.26 Å². The summed E-state index contributed by atoms with van der Waals surface area (Å²) in [7, 11) is 0. The van der Waals surface area contributed by atoms with Crippen molar-refractivity contribution in [2.75, 3.05) is 6.67 Å². The van der Waals surface area contributed by atoms with Gasteiger partial charge in [-0.2, -0.15) is 5.26 Å². The topological polar surface area (TPSA) is 23.8 Å². The minimum atomic E-state index is -0.531. The molecule has 0 aliphatic heterocycles. The third-order valence-electron chi connectivity index (χ3n) is 1.35. The van der Waals surface area contributed by atoms with E-state index in [0.29, 0.717) is 5.57 Å². The highest BCUT2D eigenvalue weighted by Crippen LogP contribution is 2.24. The van der Waals surface area contributed by atoms with E-state index in [2.05, 4.69) is 0 Å². The highest BCUT2D eigenvalue weighted by molar-refractivity contribution is 5.19. The zero-order chi connectivity index (χ0) is 8.20. The second-order valence-electron chi connectivity index (χ2n) is 3.18. The third-order valence-corrected chi connectivity index (χ3v) is 1.35. The monoisotopic (exact) mass is 141 g/mol. The van der Waals surface area contributed by atoms with Gasteiger partial charge in [0.2, 0.25) is 0 Å². The molecule has 0 fully saturated rings. The molecule has 0 aromatic carbocycles. The molecule has 0 unspecified atom stereocenters. The van der Waals surface area contributed by atoms with Gasteiger partial charge in [0.15, 0.2) is 0 Å². The van der Waals surface area contributed by atoms with Gasteiger partial charge in [0.1, 0.15) is 6.67 Å². The van der Waals surface area contributed by atoms with Gasteiger partial charge in [0, 0.05) is 6.08 Å². The molecule has 0 bridgehead atoms. The highest BCUT2D eigenvalue weighted by atomic mass is 19.1. The van der Waals surface area contributed by atoms with Crippen molar-refractivity contribution >= 4 is 0 Å². The van der Waals surface area contributed by atoms with Gasteiger partial charge in [0.05, 0.1) is 6.07 Å². The summed E-state index contributed by atoms with van der Waals surface area (Å²) in [4.78, 5) is 0. The maximum atomic E-state index is 12.1. The summed E-state index contributed by atoms with van der Waals surface area (Å²) < 4.78 is 12.1. The molecule has 0 N–H and O–H groups in total. The number of allylic oxidation sites excluding steroid dienone is 2. The van der Waals surface area contributed by atoms with Crippen LogP contribution in [0, 0.1) is 16.7 Å². The van der Waals surface area contributed by atoms with Gasteiger partial charge in [-0.15, -0.1) is 0 Å². The number of rotatable bonds is 1. The van der Waals surface area contributed by atoms with Crippen LogP contribution in [0.1, 0.15) is 20.8 Å². The molecule has 0 aromatic rings. The predicted octanol–water partition coefficient (Wildman–Crippen LogP) is 2.45. The molecule has 0 saturated carbocycles. The van der Waals surface area contributed by atoms with Gasteiger partial charge in [-0.3, -0.25) is 0 Å². The van der Waals surface area contributed by atoms with Crippen molar-refractivity contribution in [1.29, 1.82) is 5.26 Å². The lowest BCUT2D eigenvalue weighted by Crippen LogP contribution is -2.10. The Morgan fingerprint density at radius 2 is 2.10 bits per heavy atom. The first-order valence-electron chi connectivity index (χ1n) is 3.17. The minimum Gasteiger partial charge on any atom is -0.246 e. The Bertz CT molecular complexity index is 169. The van der Waals surface area contributed by atoms with Crippen LogP contribution in [0.15, 0.2) is 11.6 Å². The number of hydrogen-bond acceptors (Lipinski definition) is 1. The molecule has 0 atom stereocenters. The van der Waals surface area contributed by atoms with Gasteiger partial charge in [-0.05, 0) is 11.0 Å². The Labute approximate surface area is 61.2 Å². The lowest BCUT2D eigenvalue weighted by Gasteiger charge is -2.18. The van der Waals surface area contributed by atoms with Gasteiger partial charge >= 0.3 is 0 Å². The van der Waals surface area contributed by atoms with Crippen molar-refractivity contribution in [1.82, 2.24) is 0 Å². The van der Waals surface area contributed by atoms with Crippen LogP contribution >= 0.6 is 0 Å².